The molecular formula is C18H20O5. The quantitative estimate of drug-likeness (QED) is 0.784. The Morgan fingerprint density at radius 3 is 1.70 bits per heavy atom. The molecule has 122 valence electrons. The van der Waals surface area contributed by atoms with Crippen LogP contribution in [0.2, 0.25) is 0 Å². The van der Waals surface area contributed by atoms with Gasteiger partial charge in [0, 0.05) is 0 Å². The van der Waals surface area contributed by atoms with Gasteiger partial charge in [-0.15, -0.1) is 0 Å². The van der Waals surface area contributed by atoms with E-state index in [1.165, 1.54) is 12.1 Å². The molecule has 3 N–H and O–H groups in total. The molecule has 0 unspecified atom stereocenters. The summed E-state index contributed by atoms with van der Waals surface area (Å²) < 4.78 is 0. The summed E-state index contributed by atoms with van der Waals surface area (Å²) in [7, 11) is 0. The number of para-hydroxylation sites is 1. The van der Waals surface area contributed by atoms with E-state index in [1.807, 2.05) is 12.1 Å². The first-order valence-corrected chi connectivity index (χ1v) is 6.98. The van der Waals surface area contributed by atoms with Crippen molar-refractivity contribution in [3.63, 3.8) is 0 Å². The summed E-state index contributed by atoms with van der Waals surface area (Å²) in [4.78, 5) is 20.8. The van der Waals surface area contributed by atoms with Crippen LogP contribution in [-0.2, 0) is 5.41 Å². The molecule has 0 fully saturated rings. The summed E-state index contributed by atoms with van der Waals surface area (Å²) in [5.41, 5.74) is 1.50. The third-order valence-corrected chi connectivity index (χ3v) is 3.13. The Bertz CT molecular complexity index is 681. The highest BCUT2D eigenvalue weighted by Gasteiger charge is 2.13. The van der Waals surface area contributed by atoms with Gasteiger partial charge in [-0.3, -0.25) is 0 Å². The van der Waals surface area contributed by atoms with Crippen LogP contribution in [0.4, 0.5) is 0 Å². The molecular weight excluding hydrogens is 296 g/mol. The first-order chi connectivity index (χ1) is 10.6. The van der Waals surface area contributed by atoms with Gasteiger partial charge < -0.3 is 15.3 Å². The number of carboxylic acid groups (broad SMARTS) is 2. The third kappa shape index (κ3) is 5.47. The minimum Gasteiger partial charge on any atom is -0.507 e. The van der Waals surface area contributed by atoms with Crippen molar-refractivity contribution in [3.05, 3.63) is 65.2 Å². The molecule has 5 nitrogen and oxygen atoms in total. The standard InChI is InChI=1S/C11H14O2.C7H6O3/c1-11(2,3)9-6-4-8(5-7-9)10(12)13;8-6-4-2-1-3-5(6)7(9)10/h4-7H,1-3H3,(H,12,13);1-4,8H,(H,9,10). The van der Waals surface area contributed by atoms with Crippen molar-refractivity contribution >= 4 is 11.9 Å². The fourth-order valence-electron chi connectivity index (χ4n) is 1.77. The van der Waals surface area contributed by atoms with Gasteiger partial charge in [0.2, 0.25) is 0 Å². The van der Waals surface area contributed by atoms with E-state index in [2.05, 4.69) is 20.8 Å². The maximum absolute atomic E-state index is 10.6. The highest BCUT2D eigenvalue weighted by molar-refractivity contribution is 5.90. The zero-order valence-corrected chi connectivity index (χ0v) is 13.3. The maximum atomic E-state index is 10.6. The molecule has 0 spiro atoms. The van der Waals surface area contributed by atoms with Crippen molar-refractivity contribution in [2.75, 3.05) is 0 Å². The van der Waals surface area contributed by atoms with Crippen molar-refractivity contribution in [2.45, 2.75) is 26.2 Å². The van der Waals surface area contributed by atoms with Crippen molar-refractivity contribution in [3.8, 4) is 5.75 Å². The van der Waals surface area contributed by atoms with Gasteiger partial charge in [-0.25, -0.2) is 9.59 Å². The molecule has 2 rings (SSSR count). The number of phenols is 1. The van der Waals surface area contributed by atoms with Crippen LogP contribution in [0, 0.1) is 0 Å². The minimum atomic E-state index is -1.11. The first kappa shape index (κ1) is 18.2. The van der Waals surface area contributed by atoms with Gasteiger partial charge in [0.1, 0.15) is 11.3 Å². The van der Waals surface area contributed by atoms with Crippen molar-refractivity contribution < 1.29 is 24.9 Å². The Kier molecular flexibility index (Phi) is 5.90. The zero-order valence-electron chi connectivity index (χ0n) is 13.3. The van der Waals surface area contributed by atoms with E-state index >= 15 is 0 Å². The predicted molar refractivity (Wildman–Crippen MR) is 87.2 cm³/mol. The lowest BCUT2D eigenvalue weighted by molar-refractivity contribution is 0.0684. The summed E-state index contributed by atoms with van der Waals surface area (Å²) >= 11 is 0. The number of carbonyl (C=O) groups is 2. The van der Waals surface area contributed by atoms with Gasteiger partial charge in [0.15, 0.2) is 0 Å². The highest BCUT2D eigenvalue weighted by Crippen LogP contribution is 2.22. The smallest absolute Gasteiger partial charge is 0.339 e. The van der Waals surface area contributed by atoms with Crippen LogP contribution in [0.5, 0.6) is 5.75 Å². The molecule has 5 heteroatoms. The molecule has 2 aromatic rings. The molecule has 0 aliphatic heterocycles. The Morgan fingerprint density at radius 1 is 0.826 bits per heavy atom. The number of rotatable bonds is 2. The number of carboxylic acids is 2. The second-order valence-corrected chi connectivity index (χ2v) is 5.95. The lowest BCUT2D eigenvalue weighted by Crippen LogP contribution is -2.11. The second-order valence-electron chi connectivity index (χ2n) is 5.95. The van der Waals surface area contributed by atoms with Crippen LogP contribution < -0.4 is 0 Å². The van der Waals surface area contributed by atoms with Gasteiger partial charge in [-0.1, -0.05) is 45.0 Å². The summed E-state index contributed by atoms with van der Waals surface area (Å²) in [5, 5.41) is 26.0. The SMILES string of the molecule is CC(C)(C)c1ccc(C(=O)O)cc1.O=C(O)c1ccccc1O. The van der Waals surface area contributed by atoms with Crippen LogP contribution in [0.25, 0.3) is 0 Å². The zero-order chi connectivity index (χ0) is 17.6. The van der Waals surface area contributed by atoms with E-state index in [0.29, 0.717) is 5.56 Å². The van der Waals surface area contributed by atoms with Crippen LogP contribution >= 0.6 is 0 Å². The van der Waals surface area contributed by atoms with Gasteiger partial charge in [-0.2, -0.15) is 0 Å². The number of aromatic hydroxyl groups is 1. The van der Waals surface area contributed by atoms with Gasteiger partial charge >= 0.3 is 11.9 Å². The fourth-order valence-corrected chi connectivity index (χ4v) is 1.77. The number of hydrogen-bond acceptors (Lipinski definition) is 3. The van der Waals surface area contributed by atoms with Gasteiger partial charge in [0.05, 0.1) is 5.56 Å². The molecule has 23 heavy (non-hydrogen) atoms. The molecule has 0 radical (unpaired) electrons. The van der Waals surface area contributed by atoms with E-state index < -0.39 is 11.9 Å². The Morgan fingerprint density at radius 2 is 1.35 bits per heavy atom. The first-order valence-electron chi connectivity index (χ1n) is 6.98. The van der Waals surface area contributed by atoms with Crippen LogP contribution in [0.1, 0.15) is 47.1 Å². The summed E-state index contributed by atoms with van der Waals surface area (Å²) in [5.74, 6) is -2.19. The third-order valence-electron chi connectivity index (χ3n) is 3.13. The average Bonchev–Trinajstić information content (AvgIpc) is 2.47. The molecule has 0 amide bonds. The van der Waals surface area contributed by atoms with Crippen LogP contribution in [0.3, 0.4) is 0 Å². The summed E-state index contributed by atoms with van der Waals surface area (Å²) in [6, 6.07) is 12.8. The normalized spacial score (nSPS) is 10.4. The molecule has 0 aromatic heterocycles. The molecule has 0 saturated carbocycles. The number of hydrogen-bond donors (Lipinski definition) is 3. The molecule has 0 aliphatic rings. The molecule has 0 aliphatic carbocycles. The minimum absolute atomic E-state index is 0.0671. The van der Waals surface area contributed by atoms with E-state index in [4.69, 9.17) is 15.3 Å². The molecule has 0 heterocycles. The Labute approximate surface area is 134 Å². The molecule has 0 saturated heterocycles. The largest absolute Gasteiger partial charge is 0.507 e. The lowest BCUT2D eigenvalue weighted by atomic mass is 9.87. The molecule has 2 aromatic carbocycles. The van der Waals surface area contributed by atoms with Crippen molar-refractivity contribution in [1.29, 1.82) is 0 Å². The summed E-state index contributed by atoms with van der Waals surface area (Å²) in [6.45, 7) is 6.30. The van der Waals surface area contributed by atoms with E-state index in [-0.39, 0.29) is 16.7 Å². The van der Waals surface area contributed by atoms with Gasteiger partial charge in [-0.05, 0) is 35.2 Å². The van der Waals surface area contributed by atoms with Crippen LogP contribution in [0.15, 0.2) is 48.5 Å². The Hall–Kier alpha value is -2.82. The highest BCUT2D eigenvalue weighted by atomic mass is 16.4. The lowest BCUT2D eigenvalue weighted by Gasteiger charge is -2.18. The van der Waals surface area contributed by atoms with E-state index in [0.717, 1.165) is 5.56 Å². The topological polar surface area (TPSA) is 94.8 Å². The second kappa shape index (κ2) is 7.45. The number of benzene rings is 2. The maximum Gasteiger partial charge on any atom is 0.339 e. The average molecular weight is 316 g/mol. The predicted octanol–water partition coefficient (Wildman–Crippen LogP) is 3.77. The summed E-state index contributed by atoms with van der Waals surface area (Å²) in [6.07, 6.45) is 0. The van der Waals surface area contributed by atoms with Crippen molar-refractivity contribution in [2.24, 2.45) is 0 Å². The van der Waals surface area contributed by atoms with E-state index in [9.17, 15) is 9.59 Å². The van der Waals surface area contributed by atoms with E-state index in [1.54, 1.807) is 24.3 Å². The van der Waals surface area contributed by atoms with Gasteiger partial charge in [0.25, 0.3) is 0 Å². The fraction of sp³-hybridized carbons (Fsp3) is 0.222. The Balaban J connectivity index is 0.000000238. The van der Waals surface area contributed by atoms with Crippen LogP contribution in [-0.4, -0.2) is 27.3 Å². The molecule has 0 atom stereocenters. The number of aromatic carboxylic acids is 2. The van der Waals surface area contributed by atoms with Crippen molar-refractivity contribution in [1.82, 2.24) is 0 Å². The molecule has 0 bridgehead atoms. The monoisotopic (exact) mass is 316 g/mol.